The van der Waals surface area contributed by atoms with Crippen LogP contribution in [0.3, 0.4) is 0 Å². The van der Waals surface area contributed by atoms with Crippen LogP contribution in [0.5, 0.6) is 0 Å². The van der Waals surface area contributed by atoms with Crippen LogP contribution in [0.2, 0.25) is 0 Å². The van der Waals surface area contributed by atoms with Crippen molar-refractivity contribution in [1.82, 2.24) is 4.90 Å². The maximum atomic E-state index is 9.52. The molecule has 1 aliphatic rings. The van der Waals surface area contributed by atoms with Gasteiger partial charge >= 0.3 is 0 Å². The number of nitrogens with two attached hydrogens (primary N) is 1. The van der Waals surface area contributed by atoms with Crippen molar-refractivity contribution in [3.63, 3.8) is 0 Å². The molecule has 72 valence electrons. The van der Waals surface area contributed by atoms with Gasteiger partial charge in [-0.15, -0.1) is 0 Å². The summed E-state index contributed by atoms with van der Waals surface area (Å²) < 4.78 is 0. The number of hydrogen-bond donors (Lipinski definition) is 3. The highest BCUT2D eigenvalue weighted by Gasteiger charge is 2.26. The van der Waals surface area contributed by atoms with Crippen molar-refractivity contribution in [2.75, 3.05) is 32.8 Å². The standard InChI is InChI=1S/C8H18N2O2/c9-2-4-10-3-1-7(6-11)8(12)5-10/h7-8,11-12H,1-6,9H2/t7-,8-/m1/s1. The molecule has 1 fully saturated rings. The molecule has 4 nitrogen and oxygen atoms in total. The zero-order chi connectivity index (χ0) is 8.97. The van der Waals surface area contributed by atoms with Crippen LogP contribution in [0.15, 0.2) is 0 Å². The minimum atomic E-state index is -0.379. The number of aliphatic hydroxyl groups is 2. The molecule has 0 aromatic rings. The SMILES string of the molecule is NCCN1CC[C@H](CO)[C@H](O)C1. The summed E-state index contributed by atoms with van der Waals surface area (Å²) >= 11 is 0. The molecule has 0 spiro atoms. The first-order chi connectivity index (χ1) is 5.77. The molecule has 1 saturated heterocycles. The minimum Gasteiger partial charge on any atom is -0.396 e. The highest BCUT2D eigenvalue weighted by Crippen LogP contribution is 2.16. The van der Waals surface area contributed by atoms with E-state index in [0.29, 0.717) is 13.1 Å². The molecule has 0 saturated carbocycles. The molecule has 0 aromatic heterocycles. The normalized spacial score (nSPS) is 32.2. The molecule has 1 heterocycles. The van der Waals surface area contributed by atoms with Crippen molar-refractivity contribution in [2.45, 2.75) is 12.5 Å². The predicted molar refractivity (Wildman–Crippen MR) is 46.7 cm³/mol. The van der Waals surface area contributed by atoms with Crippen LogP contribution in [0.4, 0.5) is 0 Å². The highest BCUT2D eigenvalue weighted by atomic mass is 16.3. The van der Waals surface area contributed by atoms with E-state index in [-0.39, 0.29) is 18.6 Å². The maximum absolute atomic E-state index is 9.52. The number of aliphatic hydroxyl groups excluding tert-OH is 2. The first-order valence-electron chi connectivity index (χ1n) is 4.49. The number of β-amino-alcohol motifs (C(OH)–C–C–N with tert-alkyl or cyclic N) is 1. The van der Waals surface area contributed by atoms with E-state index in [1.165, 1.54) is 0 Å². The third kappa shape index (κ3) is 2.42. The smallest absolute Gasteiger partial charge is 0.0717 e. The van der Waals surface area contributed by atoms with E-state index >= 15 is 0 Å². The first-order valence-corrected chi connectivity index (χ1v) is 4.49. The van der Waals surface area contributed by atoms with Crippen molar-refractivity contribution in [3.05, 3.63) is 0 Å². The Kier molecular flexibility index (Phi) is 3.94. The summed E-state index contributed by atoms with van der Waals surface area (Å²) in [4.78, 5) is 2.14. The van der Waals surface area contributed by atoms with Crippen LogP contribution in [-0.2, 0) is 0 Å². The molecule has 12 heavy (non-hydrogen) atoms. The lowest BCUT2D eigenvalue weighted by atomic mass is 9.95. The fourth-order valence-corrected chi connectivity index (χ4v) is 1.64. The molecule has 4 heteroatoms. The monoisotopic (exact) mass is 174 g/mol. The number of hydrogen-bond acceptors (Lipinski definition) is 4. The largest absolute Gasteiger partial charge is 0.396 e. The van der Waals surface area contributed by atoms with E-state index in [2.05, 4.69) is 4.90 Å². The molecule has 4 N–H and O–H groups in total. The Morgan fingerprint density at radius 2 is 2.25 bits per heavy atom. The topological polar surface area (TPSA) is 69.7 Å². The van der Waals surface area contributed by atoms with Gasteiger partial charge in [0.25, 0.3) is 0 Å². The molecule has 2 atom stereocenters. The molecule has 0 bridgehead atoms. The highest BCUT2D eigenvalue weighted by molar-refractivity contribution is 4.79. The van der Waals surface area contributed by atoms with Crippen LogP contribution in [0.1, 0.15) is 6.42 Å². The molecule has 0 amide bonds. The minimum absolute atomic E-state index is 0.0685. The fraction of sp³-hybridized carbons (Fsp3) is 1.00. The van der Waals surface area contributed by atoms with Gasteiger partial charge in [-0.05, 0) is 13.0 Å². The Labute approximate surface area is 73.0 Å². The summed E-state index contributed by atoms with van der Waals surface area (Å²) in [5, 5.41) is 18.4. The van der Waals surface area contributed by atoms with E-state index < -0.39 is 0 Å². The van der Waals surface area contributed by atoms with Gasteiger partial charge in [-0.1, -0.05) is 0 Å². The summed E-state index contributed by atoms with van der Waals surface area (Å²) in [5.74, 6) is 0.0685. The van der Waals surface area contributed by atoms with Crippen LogP contribution < -0.4 is 5.73 Å². The maximum Gasteiger partial charge on any atom is 0.0717 e. The summed E-state index contributed by atoms with van der Waals surface area (Å²) in [7, 11) is 0. The van der Waals surface area contributed by atoms with E-state index in [0.717, 1.165) is 19.5 Å². The van der Waals surface area contributed by atoms with Gasteiger partial charge in [0.15, 0.2) is 0 Å². The van der Waals surface area contributed by atoms with Crippen LogP contribution >= 0.6 is 0 Å². The first kappa shape index (κ1) is 9.92. The van der Waals surface area contributed by atoms with Crippen LogP contribution in [-0.4, -0.2) is 54.0 Å². The van der Waals surface area contributed by atoms with Crippen molar-refractivity contribution in [3.8, 4) is 0 Å². The third-order valence-electron chi connectivity index (χ3n) is 2.49. The van der Waals surface area contributed by atoms with Crippen LogP contribution in [0.25, 0.3) is 0 Å². The third-order valence-corrected chi connectivity index (χ3v) is 2.49. The van der Waals surface area contributed by atoms with Gasteiger partial charge in [0.05, 0.1) is 6.10 Å². The molecule has 0 unspecified atom stereocenters. The van der Waals surface area contributed by atoms with Gasteiger partial charge in [0.1, 0.15) is 0 Å². The number of piperidine rings is 1. The molecule has 1 rings (SSSR count). The second-order valence-corrected chi connectivity index (χ2v) is 3.39. The van der Waals surface area contributed by atoms with Crippen molar-refractivity contribution in [1.29, 1.82) is 0 Å². The van der Waals surface area contributed by atoms with Gasteiger partial charge in [-0.3, -0.25) is 4.90 Å². The van der Waals surface area contributed by atoms with E-state index in [1.54, 1.807) is 0 Å². The zero-order valence-corrected chi connectivity index (χ0v) is 7.32. The van der Waals surface area contributed by atoms with E-state index in [1.807, 2.05) is 0 Å². The van der Waals surface area contributed by atoms with Gasteiger partial charge in [-0.2, -0.15) is 0 Å². The Bertz CT molecular complexity index is 132. The Morgan fingerprint density at radius 1 is 1.50 bits per heavy atom. The van der Waals surface area contributed by atoms with Gasteiger partial charge in [-0.25, -0.2) is 0 Å². The molecule has 0 aliphatic carbocycles. The number of likely N-dealkylation sites (tertiary alicyclic amines) is 1. The van der Waals surface area contributed by atoms with Crippen molar-refractivity contribution < 1.29 is 10.2 Å². The van der Waals surface area contributed by atoms with Gasteiger partial charge in [0, 0.05) is 32.2 Å². The second kappa shape index (κ2) is 4.77. The van der Waals surface area contributed by atoms with Crippen molar-refractivity contribution in [2.24, 2.45) is 11.7 Å². The summed E-state index contributed by atoms with van der Waals surface area (Å²) in [6, 6.07) is 0. The fourth-order valence-electron chi connectivity index (χ4n) is 1.64. The van der Waals surface area contributed by atoms with E-state index in [4.69, 9.17) is 10.8 Å². The van der Waals surface area contributed by atoms with Gasteiger partial charge in [0.2, 0.25) is 0 Å². The summed E-state index contributed by atoms with van der Waals surface area (Å²) in [6.07, 6.45) is 0.493. The lowest BCUT2D eigenvalue weighted by Gasteiger charge is -2.34. The summed E-state index contributed by atoms with van der Waals surface area (Å²) in [5.41, 5.74) is 5.40. The average molecular weight is 174 g/mol. The quantitative estimate of drug-likeness (QED) is 0.493. The lowest BCUT2D eigenvalue weighted by molar-refractivity contribution is -0.000722. The van der Waals surface area contributed by atoms with E-state index in [9.17, 15) is 5.11 Å². The van der Waals surface area contributed by atoms with Crippen LogP contribution in [0, 0.1) is 5.92 Å². The second-order valence-electron chi connectivity index (χ2n) is 3.39. The molecule has 1 aliphatic heterocycles. The number of rotatable bonds is 3. The lowest BCUT2D eigenvalue weighted by Crippen LogP contribution is -2.46. The van der Waals surface area contributed by atoms with Gasteiger partial charge < -0.3 is 15.9 Å². The molecule has 0 radical (unpaired) electrons. The Morgan fingerprint density at radius 3 is 2.75 bits per heavy atom. The number of nitrogens with zero attached hydrogens (tertiary/aromatic N) is 1. The van der Waals surface area contributed by atoms with Crippen molar-refractivity contribution >= 4 is 0 Å². The molecular weight excluding hydrogens is 156 g/mol. The Balaban J connectivity index is 2.30. The molecule has 0 aromatic carbocycles. The Hall–Kier alpha value is -0.160. The zero-order valence-electron chi connectivity index (χ0n) is 7.32. The summed E-state index contributed by atoms with van der Waals surface area (Å²) in [6.45, 7) is 3.17. The molecular formula is C8H18N2O2. The predicted octanol–water partition coefficient (Wildman–Crippen LogP) is -1.38. The average Bonchev–Trinajstić information content (AvgIpc) is 2.05.